The van der Waals surface area contributed by atoms with E-state index in [1.54, 1.807) is 0 Å². The predicted molar refractivity (Wildman–Crippen MR) is 219 cm³/mol. The van der Waals surface area contributed by atoms with Crippen LogP contribution >= 0.6 is 11.3 Å². The molecule has 0 spiro atoms. The molecule has 4 aromatic rings. The van der Waals surface area contributed by atoms with E-state index in [0.717, 1.165) is 20.9 Å². The van der Waals surface area contributed by atoms with E-state index in [-0.39, 0.29) is 46.9 Å². The van der Waals surface area contributed by atoms with Crippen LogP contribution in [0.4, 0.5) is 10.5 Å². The van der Waals surface area contributed by atoms with E-state index in [0.29, 0.717) is 6.42 Å². The number of nitro benzene ring substituents is 1. The number of carbonyl (C=O) groups is 2. The molecule has 4 rings (SSSR count). The predicted octanol–water partition coefficient (Wildman–Crippen LogP) is 9.12. The highest BCUT2D eigenvalue weighted by molar-refractivity contribution is 7.89. The van der Waals surface area contributed by atoms with Crippen molar-refractivity contribution in [2.24, 2.45) is 5.92 Å². The summed E-state index contributed by atoms with van der Waals surface area (Å²) in [6.45, 7) is 14.8. The number of non-ortho nitro benzene ring substituents is 1. The second-order valence-electron chi connectivity index (χ2n) is 15.5. The minimum Gasteiger partial charge on any atom is -0.453 e. The molecule has 2 atom stereocenters. The van der Waals surface area contributed by atoms with Gasteiger partial charge in [0.15, 0.2) is 14.1 Å². The fraction of sp³-hybridized carbons (Fsp3) is 0.415. The summed E-state index contributed by atoms with van der Waals surface area (Å²) in [6, 6.07) is 26.2. The molecule has 11 nitrogen and oxygen atoms in total. The Morgan fingerprint density at radius 1 is 0.909 bits per heavy atom. The Hall–Kier alpha value is -4.21. The summed E-state index contributed by atoms with van der Waals surface area (Å²) in [7, 11) is -5.23. The van der Waals surface area contributed by atoms with Gasteiger partial charge in [0.1, 0.15) is 6.04 Å². The van der Waals surface area contributed by atoms with Crippen molar-refractivity contribution in [2.45, 2.75) is 88.5 Å². The molecule has 3 aromatic carbocycles. The molecule has 0 radical (unpaired) electrons. The van der Waals surface area contributed by atoms with E-state index in [1.165, 1.54) is 47.0 Å². The van der Waals surface area contributed by atoms with Gasteiger partial charge in [-0.25, -0.2) is 13.2 Å². The van der Waals surface area contributed by atoms with Crippen molar-refractivity contribution in [2.75, 3.05) is 20.3 Å². The third-order valence-electron chi connectivity index (χ3n) is 10.0. The fourth-order valence-corrected chi connectivity index (χ4v) is 9.92. The Morgan fingerprint density at radius 3 is 1.96 bits per heavy atom. The van der Waals surface area contributed by atoms with E-state index in [1.807, 2.05) is 86.6 Å². The third-order valence-corrected chi connectivity index (χ3v) is 17.7. The number of nitrogens with zero attached hydrogens (tertiary/aromatic N) is 2. The van der Waals surface area contributed by atoms with Gasteiger partial charge in [-0.05, 0) is 65.9 Å². The standard InChI is InChI=1S/C41H53N3O8S2Si/c1-29(2)27-43(54(49,50)34-23-19-32(20-24-34)44(47)48)35(28-52-55(7,8)41(3,4)5)37-26-22-33(53-37)21-25-36(45)39(42-40(46)51-6)38(30-15-11-9-12-16-30)31-17-13-10-14-18-31/h9-20,22-24,26,29,35,38-39H,21,25,27-28H2,1-8H3,(H,42,46)/t35-,39-/m1/s1. The minimum atomic E-state index is -4.15. The number of ketones is 1. The number of amides is 1. The molecular weight excluding hydrogens is 755 g/mol. The largest absolute Gasteiger partial charge is 0.453 e. The summed E-state index contributed by atoms with van der Waals surface area (Å²) in [4.78, 5) is 39.2. The van der Waals surface area contributed by atoms with E-state index in [9.17, 15) is 28.1 Å². The quantitative estimate of drug-likeness (QED) is 0.0596. The van der Waals surface area contributed by atoms with Crippen LogP contribution in [-0.4, -0.2) is 64.1 Å². The van der Waals surface area contributed by atoms with Crippen LogP contribution in [0.15, 0.2) is 102 Å². The minimum absolute atomic E-state index is 0.0472. The first-order chi connectivity index (χ1) is 25.9. The number of hydrogen-bond acceptors (Lipinski definition) is 9. The molecule has 296 valence electrons. The monoisotopic (exact) mass is 807 g/mol. The number of nitro groups is 1. The number of carbonyl (C=O) groups excluding carboxylic acids is 2. The highest BCUT2D eigenvalue weighted by Crippen LogP contribution is 2.40. The van der Waals surface area contributed by atoms with Crippen LogP contribution in [0.1, 0.15) is 73.9 Å². The number of sulfonamides is 1. The van der Waals surface area contributed by atoms with Gasteiger partial charge in [-0.2, -0.15) is 4.31 Å². The molecule has 0 saturated carbocycles. The maximum atomic E-state index is 14.4. The van der Waals surface area contributed by atoms with Gasteiger partial charge >= 0.3 is 6.09 Å². The lowest BCUT2D eigenvalue weighted by atomic mass is 9.82. The van der Waals surface area contributed by atoms with E-state index in [2.05, 4.69) is 39.2 Å². The van der Waals surface area contributed by atoms with Gasteiger partial charge in [0.2, 0.25) is 10.0 Å². The second kappa shape index (κ2) is 18.6. The molecule has 0 aliphatic rings. The highest BCUT2D eigenvalue weighted by atomic mass is 32.2. The average molecular weight is 808 g/mol. The van der Waals surface area contributed by atoms with Crippen molar-refractivity contribution in [3.63, 3.8) is 0 Å². The highest BCUT2D eigenvalue weighted by Gasteiger charge is 2.41. The normalized spacial score (nSPS) is 13.5. The lowest BCUT2D eigenvalue weighted by Gasteiger charge is -2.39. The van der Waals surface area contributed by atoms with Crippen molar-refractivity contribution in [1.29, 1.82) is 0 Å². The first-order valence-corrected chi connectivity index (χ1v) is 23.5. The van der Waals surface area contributed by atoms with Crippen molar-refractivity contribution in [1.82, 2.24) is 9.62 Å². The first-order valence-electron chi connectivity index (χ1n) is 18.3. The summed E-state index contributed by atoms with van der Waals surface area (Å²) in [6.07, 6.45) is -0.251. The maximum Gasteiger partial charge on any atom is 0.407 e. The summed E-state index contributed by atoms with van der Waals surface area (Å²) < 4.78 is 41.9. The Labute approximate surface area is 330 Å². The van der Waals surface area contributed by atoms with Crippen molar-refractivity contribution < 1.29 is 32.1 Å². The smallest absolute Gasteiger partial charge is 0.407 e. The lowest BCUT2D eigenvalue weighted by molar-refractivity contribution is -0.384. The number of thiophene rings is 1. The van der Waals surface area contributed by atoms with Crippen LogP contribution in [0.25, 0.3) is 0 Å². The molecule has 0 fully saturated rings. The molecular formula is C41H53N3O8S2Si. The second-order valence-corrected chi connectivity index (χ2v) is 23.4. The Kier molecular flexibility index (Phi) is 14.7. The molecule has 1 N–H and O–H groups in total. The molecule has 1 heterocycles. The van der Waals surface area contributed by atoms with Gasteiger partial charge in [-0.15, -0.1) is 11.3 Å². The maximum absolute atomic E-state index is 14.4. The number of Topliss-reactive ketones (excluding diaryl/α,β-unsaturated/α-hetero) is 1. The summed E-state index contributed by atoms with van der Waals surface area (Å²) in [5, 5.41) is 14.0. The molecule has 55 heavy (non-hydrogen) atoms. The topological polar surface area (TPSA) is 145 Å². The van der Waals surface area contributed by atoms with E-state index in [4.69, 9.17) is 9.16 Å². The fourth-order valence-electron chi connectivity index (χ4n) is 5.98. The number of aryl methyl sites for hydroxylation is 1. The van der Waals surface area contributed by atoms with Gasteiger partial charge in [0, 0.05) is 40.8 Å². The summed E-state index contributed by atoms with van der Waals surface area (Å²) >= 11 is 1.42. The SMILES string of the molecule is COC(=O)N[C@H](C(=O)CCc1ccc([C@@H](CO[Si](C)(C)C(C)(C)C)N(CC(C)C)S(=O)(=O)c2ccc([N+](=O)[O-])cc2)s1)C(c1ccccc1)c1ccccc1. The van der Waals surface area contributed by atoms with Gasteiger partial charge in [-0.1, -0.05) is 95.3 Å². The Balaban J connectivity index is 1.70. The molecule has 14 heteroatoms. The van der Waals surface area contributed by atoms with Crippen molar-refractivity contribution in [3.05, 3.63) is 128 Å². The Morgan fingerprint density at radius 2 is 1.47 bits per heavy atom. The Bertz CT molecular complexity index is 1960. The summed E-state index contributed by atoms with van der Waals surface area (Å²) in [5.41, 5.74) is 1.53. The van der Waals surface area contributed by atoms with Crippen LogP contribution < -0.4 is 5.32 Å². The van der Waals surface area contributed by atoms with Crippen LogP contribution in [0.3, 0.4) is 0 Å². The first kappa shape index (κ1) is 43.5. The number of ether oxygens (including phenoxy) is 1. The average Bonchev–Trinajstić information content (AvgIpc) is 3.62. The molecule has 1 aromatic heterocycles. The number of methoxy groups -OCH3 is 1. The molecule has 1 amide bonds. The number of rotatable bonds is 18. The molecule has 0 saturated heterocycles. The summed E-state index contributed by atoms with van der Waals surface area (Å²) in [5.74, 6) is -0.710. The van der Waals surface area contributed by atoms with E-state index < -0.39 is 47.4 Å². The van der Waals surface area contributed by atoms with Crippen molar-refractivity contribution in [3.8, 4) is 0 Å². The van der Waals surface area contributed by atoms with Gasteiger partial charge in [0.05, 0.1) is 29.6 Å². The van der Waals surface area contributed by atoms with Crippen LogP contribution in [0.2, 0.25) is 18.1 Å². The number of alkyl carbamates (subject to hydrolysis) is 1. The zero-order chi connectivity index (χ0) is 40.6. The van der Waals surface area contributed by atoms with Crippen LogP contribution in [-0.2, 0) is 30.4 Å². The molecule has 0 aliphatic heterocycles. The van der Waals surface area contributed by atoms with E-state index >= 15 is 0 Å². The zero-order valence-electron chi connectivity index (χ0n) is 32.9. The number of benzene rings is 3. The molecule has 0 unspecified atom stereocenters. The third kappa shape index (κ3) is 11.2. The van der Waals surface area contributed by atoms with Crippen LogP contribution in [0, 0.1) is 16.0 Å². The van der Waals surface area contributed by atoms with Gasteiger partial charge in [-0.3, -0.25) is 14.9 Å². The van der Waals surface area contributed by atoms with Gasteiger partial charge in [0.25, 0.3) is 5.69 Å². The zero-order valence-corrected chi connectivity index (χ0v) is 35.5. The molecule has 0 aliphatic carbocycles. The molecule has 0 bridgehead atoms. The lowest BCUT2D eigenvalue weighted by Crippen LogP contribution is -2.45. The number of hydrogen-bond donors (Lipinski definition) is 1. The van der Waals surface area contributed by atoms with Gasteiger partial charge < -0.3 is 14.5 Å². The van der Waals surface area contributed by atoms with Crippen molar-refractivity contribution >= 4 is 47.2 Å². The van der Waals surface area contributed by atoms with Crippen LogP contribution in [0.5, 0.6) is 0 Å². The number of nitrogens with one attached hydrogen (secondary N) is 1.